The van der Waals surface area contributed by atoms with Crippen LogP contribution in [0.1, 0.15) is 20.3 Å². The molecule has 1 aromatic rings. The summed E-state index contributed by atoms with van der Waals surface area (Å²) in [7, 11) is 0. The van der Waals surface area contributed by atoms with E-state index in [1.807, 2.05) is 0 Å². The van der Waals surface area contributed by atoms with Gasteiger partial charge in [-0.1, -0.05) is 19.1 Å². The third-order valence-corrected chi connectivity index (χ3v) is 2.92. The molecule has 2 heteroatoms. The lowest BCUT2D eigenvalue weighted by molar-refractivity contribution is 0.761. The van der Waals surface area contributed by atoms with Gasteiger partial charge in [0.25, 0.3) is 0 Å². The van der Waals surface area contributed by atoms with Crippen LogP contribution in [0.4, 0.5) is 5.69 Å². The maximum Gasteiger partial charge on any atom is 0.0480 e. The van der Waals surface area contributed by atoms with Gasteiger partial charge in [-0.3, -0.25) is 0 Å². The van der Waals surface area contributed by atoms with Crippen molar-refractivity contribution in [1.82, 2.24) is 0 Å². The Morgan fingerprint density at radius 2 is 2.08 bits per heavy atom. The summed E-state index contributed by atoms with van der Waals surface area (Å²) < 4.78 is 0. The molecule has 0 aromatic heterocycles. The highest BCUT2D eigenvalue weighted by molar-refractivity contribution is 7.98. The molecule has 0 saturated heterocycles. The Kier molecular flexibility index (Phi) is 4.16. The summed E-state index contributed by atoms with van der Waals surface area (Å²) >= 11 is 1.79. The highest BCUT2D eigenvalue weighted by Gasteiger charge is 2.02. The second-order valence-electron chi connectivity index (χ2n) is 3.15. The first-order valence-corrected chi connectivity index (χ1v) is 5.90. The van der Waals surface area contributed by atoms with Crippen LogP contribution in [0, 0.1) is 0 Å². The van der Waals surface area contributed by atoms with Crippen molar-refractivity contribution in [3.63, 3.8) is 0 Å². The van der Waals surface area contributed by atoms with E-state index in [0.717, 1.165) is 6.42 Å². The predicted molar refractivity (Wildman–Crippen MR) is 61.6 cm³/mol. The average molecular weight is 195 g/mol. The molecule has 0 aliphatic rings. The molecule has 1 atom stereocenters. The lowest BCUT2D eigenvalue weighted by atomic mass is 10.2. The third kappa shape index (κ3) is 2.96. The molecule has 0 radical (unpaired) electrons. The zero-order valence-corrected chi connectivity index (χ0v) is 9.32. The van der Waals surface area contributed by atoms with Crippen molar-refractivity contribution in [2.24, 2.45) is 0 Å². The maximum atomic E-state index is 3.49. The maximum absolute atomic E-state index is 3.49. The summed E-state index contributed by atoms with van der Waals surface area (Å²) in [6, 6.07) is 8.99. The Morgan fingerprint density at radius 3 is 2.69 bits per heavy atom. The first kappa shape index (κ1) is 10.5. The summed E-state index contributed by atoms with van der Waals surface area (Å²) in [5.74, 6) is 0. The first-order chi connectivity index (χ1) is 6.27. The molecule has 72 valence electrons. The van der Waals surface area contributed by atoms with E-state index in [4.69, 9.17) is 0 Å². The van der Waals surface area contributed by atoms with Crippen molar-refractivity contribution in [1.29, 1.82) is 0 Å². The van der Waals surface area contributed by atoms with E-state index in [1.54, 1.807) is 11.8 Å². The molecular weight excluding hydrogens is 178 g/mol. The number of para-hydroxylation sites is 1. The van der Waals surface area contributed by atoms with Gasteiger partial charge in [0.2, 0.25) is 0 Å². The average Bonchev–Trinajstić information content (AvgIpc) is 2.18. The van der Waals surface area contributed by atoms with Crippen LogP contribution in [0.2, 0.25) is 0 Å². The summed E-state index contributed by atoms with van der Waals surface area (Å²) in [5, 5.41) is 3.49. The van der Waals surface area contributed by atoms with E-state index >= 15 is 0 Å². The minimum atomic E-state index is 0.549. The monoisotopic (exact) mass is 195 g/mol. The van der Waals surface area contributed by atoms with Gasteiger partial charge >= 0.3 is 0 Å². The molecule has 0 bridgehead atoms. The van der Waals surface area contributed by atoms with Crippen LogP contribution in [0.3, 0.4) is 0 Å². The van der Waals surface area contributed by atoms with E-state index in [1.165, 1.54) is 10.6 Å². The zero-order valence-electron chi connectivity index (χ0n) is 8.50. The van der Waals surface area contributed by atoms with E-state index < -0.39 is 0 Å². The summed E-state index contributed by atoms with van der Waals surface area (Å²) in [4.78, 5) is 1.32. The Morgan fingerprint density at radius 1 is 1.38 bits per heavy atom. The molecule has 0 amide bonds. The summed E-state index contributed by atoms with van der Waals surface area (Å²) in [6.45, 7) is 4.40. The number of benzene rings is 1. The SMILES string of the molecule is CC[C@@H](C)Nc1ccccc1SC. The van der Waals surface area contributed by atoms with Gasteiger partial charge in [0.05, 0.1) is 0 Å². The Labute approximate surface area is 84.9 Å². The highest BCUT2D eigenvalue weighted by Crippen LogP contribution is 2.25. The van der Waals surface area contributed by atoms with Crippen molar-refractivity contribution in [2.75, 3.05) is 11.6 Å². The van der Waals surface area contributed by atoms with Crippen molar-refractivity contribution < 1.29 is 0 Å². The van der Waals surface area contributed by atoms with Crippen LogP contribution in [0.15, 0.2) is 29.2 Å². The quantitative estimate of drug-likeness (QED) is 0.736. The zero-order chi connectivity index (χ0) is 9.68. The van der Waals surface area contributed by atoms with Crippen LogP contribution in [0.25, 0.3) is 0 Å². The van der Waals surface area contributed by atoms with Gasteiger partial charge in [-0.05, 0) is 31.7 Å². The molecule has 0 saturated carbocycles. The van der Waals surface area contributed by atoms with Crippen molar-refractivity contribution in [2.45, 2.75) is 31.2 Å². The number of nitrogens with one attached hydrogen (secondary N) is 1. The number of anilines is 1. The second kappa shape index (κ2) is 5.18. The van der Waals surface area contributed by atoms with E-state index in [-0.39, 0.29) is 0 Å². The van der Waals surface area contributed by atoms with E-state index in [2.05, 4.69) is 49.7 Å². The Bertz CT molecular complexity index is 260. The fourth-order valence-corrected chi connectivity index (χ4v) is 1.69. The number of hydrogen-bond donors (Lipinski definition) is 1. The molecule has 0 heterocycles. The van der Waals surface area contributed by atoms with Gasteiger partial charge in [-0.2, -0.15) is 0 Å². The lowest BCUT2D eigenvalue weighted by Crippen LogP contribution is -2.13. The molecule has 0 unspecified atom stereocenters. The van der Waals surface area contributed by atoms with Gasteiger partial charge in [0.1, 0.15) is 0 Å². The minimum absolute atomic E-state index is 0.549. The molecule has 13 heavy (non-hydrogen) atoms. The number of hydrogen-bond acceptors (Lipinski definition) is 2. The van der Waals surface area contributed by atoms with E-state index in [9.17, 15) is 0 Å². The fourth-order valence-electron chi connectivity index (χ4n) is 1.13. The molecule has 0 fully saturated rings. The van der Waals surface area contributed by atoms with Crippen LogP contribution < -0.4 is 5.32 Å². The van der Waals surface area contributed by atoms with Crippen molar-refractivity contribution in [3.05, 3.63) is 24.3 Å². The molecule has 1 nitrogen and oxygen atoms in total. The Balaban J connectivity index is 2.74. The minimum Gasteiger partial charge on any atom is -0.382 e. The molecule has 0 aliphatic carbocycles. The van der Waals surface area contributed by atoms with Crippen LogP contribution in [0.5, 0.6) is 0 Å². The van der Waals surface area contributed by atoms with Crippen LogP contribution in [-0.4, -0.2) is 12.3 Å². The van der Waals surface area contributed by atoms with Crippen molar-refractivity contribution in [3.8, 4) is 0 Å². The van der Waals surface area contributed by atoms with Gasteiger partial charge in [0, 0.05) is 16.6 Å². The molecular formula is C11H17NS. The highest BCUT2D eigenvalue weighted by atomic mass is 32.2. The van der Waals surface area contributed by atoms with Crippen LogP contribution in [-0.2, 0) is 0 Å². The standard InChI is InChI=1S/C11H17NS/c1-4-9(2)12-10-7-5-6-8-11(10)13-3/h5-9,12H,4H2,1-3H3/t9-/m1/s1. The van der Waals surface area contributed by atoms with Gasteiger partial charge in [-0.25, -0.2) is 0 Å². The van der Waals surface area contributed by atoms with Gasteiger partial charge in [0.15, 0.2) is 0 Å². The largest absolute Gasteiger partial charge is 0.382 e. The van der Waals surface area contributed by atoms with Gasteiger partial charge in [-0.15, -0.1) is 11.8 Å². The Hall–Kier alpha value is -0.630. The molecule has 1 N–H and O–H groups in total. The van der Waals surface area contributed by atoms with Gasteiger partial charge < -0.3 is 5.32 Å². The van der Waals surface area contributed by atoms with E-state index in [0.29, 0.717) is 6.04 Å². The summed E-state index contributed by atoms with van der Waals surface area (Å²) in [5.41, 5.74) is 1.25. The summed E-state index contributed by atoms with van der Waals surface area (Å²) in [6.07, 6.45) is 3.26. The number of thioether (sulfide) groups is 1. The second-order valence-corrected chi connectivity index (χ2v) is 4.00. The van der Waals surface area contributed by atoms with Crippen molar-refractivity contribution >= 4 is 17.4 Å². The fraction of sp³-hybridized carbons (Fsp3) is 0.455. The molecule has 0 aliphatic heterocycles. The molecule has 1 aromatic carbocycles. The molecule has 0 spiro atoms. The van der Waals surface area contributed by atoms with Crippen LogP contribution >= 0.6 is 11.8 Å². The number of rotatable bonds is 4. The smallest absolute Gasteiger partial charge is 0.0480 e. The predicted octanol–water partition coefficient (Wildman–Crippen LogP) is 3.62. The topological polar surface area (TPSA) is 12.0 Å². The molecule has 1 rings (SSSR count). The normalized spacial score (nSPS) is 12.5. The third-order valence-electron chi connectivity index (χ3n) is 2.12. The lowest BCUT2D eigenvalue weighted by Gasteiger charge is -2.15. The first-order valence-electron chi connectivity index (χ1n) is 4.67.